The van der Waals surface area contributed by atoms with Crippen molar-refractivity contribution in [2.24, 2.45) is 0 Å². The van der Waals surface area contributed by atoms with Crippen LogP contribution in [0, 0.1) is 0 Å². The Bertz CT molecular complexity index is 448. The van der Waals surface area contributed by atoms with Crippen LogP contribution in [0.2, 0.25) is 0 Å². The molecule has 0 saturated heterocycles. The topological polar surface area (TPSA) is 0 Å². The van der Waals surface area contributed by atoms with Crippen molar-refractivity contribution in [3.8, 4) is 0 Å². The fourth-order valence-electron chi connectivity index (χ4n) is 2.03. The Labute approximate surface area is 110 Å². The normalized spacial score (nSPS) is 10.7. The van der Waals surface area contributed by atoms with Gasteiger partial charge >= 0.3 is 0 Å². The van der Waals surface area contributed by atoms with Gasteiger partial charge in [0.15, 0.2) is 0 Å². The van der Waals surface area contributed by atoms with Crippen molar-refractivity contribution in [3.05, 3.63) is 83.1 Å². The van der Waals surface area contributed by atoms with Crippen molar-refractivity contribution < 1.29 is 4.11 Å². The van der Waals surface area contributed by atoms with Crippen LogP contribution < -0.4 is 0 Å². The Balaban J connectivity index is 2.08. The standard InChI is InChI=1S/C16H17FSi/c17-18-13-16(11-14-7-3-1-4-8-14)12-15-9-5-2-6-10-15/h1-10,13H,11-12,18H2. The fourth-order valence-corrected chi connectivity index (χ4v) is 2.54. The monoisotopic (exact) mass is 256 g/mol. The van der Waals surface area contributed by atoms with Crippen molar-refractivity contribution in [2.75, 3.05) is 0 Å². The largest absolute Gasteiger partial charge is 0.317 e. The molecule has 0 atom stereocenters. The van der Waals surface area contributed by atoms with Gasteiger partial charge in [0.05, 0.1) is 0 Å². The maximum absolute atomic E-state index is 12.7. The second-order valence-electron chi connectivity index (χ2n) is 4.34. The van der Waals surface area contributed by atoms with Crippen molar-refractivity contribution in [2.45, 2.75) is 12.8 Å². The Morgan fingerprint density at radius 3 is 1.67 bits per heavy atom. The van der Waals surface area contributed by atoms with Gasteiger partial charge in [-0.3, -0.25) is 0 Å². The third kappa shape index (κ3) is 3.97. The first-order chi connectivity index (χ1) is 8.88. The molecular weight excluding hydrogens is 239 g/mol. The van der Waals surface area contributed by atoms with Gasteiger partial charge in [-0.15, -0.1) is 0 Å². The van der Waals surface area contributed by atoms with Crippen LogP contribution in [0.25, 0.3) is 0 Å². The number of hydrogen-bond acceptors (Lipinski definition) is 0. The highest BCUT2D eigenvalue weighted by molar-refractivity contribution is 6.33. The van der Waals surface area contributed by atoms with E-state index >= 15 is 0 Å². The molecule has 0 aliphatic carbocycles. The minimum Gasteiger partial charge on any atom is -0.317 e. The van der Waals surface area contributed by atoms with Crippen LogP contribution in [-0.2, 0) is 12.8 Å². The number of hydrogen-bond donors (Lipinski definition) is 0. The summed E-state index contributed by atoms with van der Waals surface area (Å²) >= 11 is 0. The number of rotatable bonds is 5. The van der Waals surface area contributed by atoms with Crippen molar-refractivity contribution in [1.82, 2.24) is 0 Å². The zero-order chi connectivity index (χ0) is 12.6. The minimum absolute atomic E-state index is 0.854. The Kier molecular flexibility index (Phi) is 4.91. The quantitative estimate of drug-likeness (QED) is 0.568. The second kappa shape index (κ2) is 6.92. The number of allylic oxidation sites excluding steroid dienone is 1. The van der Waals surface area contributed by atoms with Crippen LogP contribution in [0.4, 0.5) is 4.11 Å². The summed E-state index contributed by atoms with van der Waals surface area (Å²) in [5, 5.41) is 0. The van der Waals surface area contributed by atoms with Gasteiger partial charge in [0.1, 0.15) is 0 Å². The summed E-state index contributed by atoms with van der Waals surface area (Å²) < 4.78 is 12.7. The SMILES string of the molecule is F[SiH2]C=C(Cc1ccccc1)Cc1ccccc1. The lowest BCUT2D eigenvalue weighted by molar-refractivity contribution is 0.880. The molecule has 0 spiro atoms. The van der Waals surface area contributed by atoms with E-state index in [-0.39, 0.29) is 0 Å². The van der Waals surface area contributed by atoms with E-state index in [1.165, 1.54) is 16.7 Å². The first kappa shape index (κ1) is 12.8. The number of benzene rings is 2. The summed E-state index contributed by atoms with van der Waals surface area (Å²) in [6, 6.07) is 20.5. The molecule has 0 fully saturated rings. The molecular formula is C16H17FSi. The van der Waals surface area contributed by atoms with Gasteiger partial charge in [-0.1, -0.05) is 71.9 Å². The predicted molar refractivity (Wildman–Crippen MR) is 78.0 cm³/mol. The van der Waals surface area contributed by atoms with Crippen molar-refractivity contribution >= 4 is 9.85 Å². The van der Waals surface area contributed by atoms with Crippen molar-refractivity contribution in [1.29, 1.82) is 0 Å². The summed E-state index contributed by atoms with van der Waals surface area (Å²) in [6.07, 6.45) is 1.71. The second-order valence-corrected chi connectivity index (χ2v) is 5.06. The zero-order valence-corrected chi connectivity index (χ0v) is 11.8. The average molecular weight is 256 g/mol. The van der Waals surface area contributed by atoms with Gasteiger partial charge in [-0.2, -0.15) is 0 Å². The van der Waals surface area contributed by atoms with Crippen molar-refractivity contribution in [3.63, 3.8) is 0 Å². The predicted octanol–water partition coefficient (Wildman–Crippen LogP) is 3.41. The number of halogens is 1. The van der Waals surface area contributed by atoms with E-state index in [1.807, 2.05) is 42.1 Å². The van der Waals surface area contributed by atoms with Gasteiger partial charge in [-0.05, 0) is 24.0 Å². The Hall–Kier alpha value is -1.67. The third-order valence-electron chi connectivity index (χ3n) is 2.91. The molecule has 2 aromatic carbocycles. The van der Waals surface area contributed by atoms with E-state index < -0.39 is 9.85 Å². The molecule has 0 amide bonds. The van der Waals surface area contributed by atoms with Crippen LogP contribution >= 0.6 is 0 Å². The van der Waals surface area contributed by atoms with Gasteiger partial charge in [0.2, 0.25) is 9.85 Å². The maximum Gasteiger partial charge on any atom is 0.240 e. The van der Waals surface area contributed by atoms with E-state index in [1.54, 1.807) is 0 Å². The Morgan fingerprint density at radius 2 is 1.28 bits per heavy atom. The van der Waals surface area contributed by atoms with Gasteiger partial charge in [0.25, 0.3) is 0 Å². The van der Waals surface area contributed by atoms with Crippen LogP contribution in [0.5, 0.6) is 0 Å². The van der Waals surface area contributed by atoms with Gasteiger partial charge in [-0.25, -0.2) is 0 Å². The molecule has 0 saturated carbocycles. The molecule has 0 nitrogen and oxygen atoms in total. The molecule has 0 aliphatic rings. The highest BCUT2D eigenvalue weighted by atomic mass is 28.3. The van der Waals surface area contributed by atoms with E-state index in [9.17, 15) is 4.11 Å². The highest BCUT2D eigenvalue weighted by Crippen LogP contribution is 2.13. The lowest BCUT2D eigenvalue weighted by Gasteiger charge is -2.07. The molecule has 2 rings (SSSR count). The molecule has 18 heavy (non-hydrogen) atoms. The minimum atomic E-state index is -1.53. The molecule has 92 valence electrons. The van der Waals surface area contributed by atoms with E-state index in [0.717, 1.165) is 12.8 Å². The van der Waals surface area contributed by atoms with Gasteiger partial charge in [0, 0.05) is 0 Å². The summed E-state index contributed by atoms with van der Waals surface area (Å²) in [5.41, 5.74) is 5.53. The lowest BCUT2D eigenvalue weighted by Crippen LogP contribution is -1.97. The lowest BCUT2D eigenvalue weighted by atomic mass is 10.00. The zero-order valence-electron chi connectivity index (χ0n) is 10.4. The van der Waals surface area contributed by atoms with E-state index in [2.05, 4.69) is 24.3 Å². The molecule has 0 unspecified atom stereocenters. The van der Waals surface area contributed by atoms with Crippen LogP contribution in [0.1, 0.15) is 11.1 Å². The van der Waals surface area contributed by atoms with Gasteiger partial charge < -0.3 is 4.11 Å². The smallest absolute Gasteiger partial charge is 0.240 e. The summed E-state index contributed by atoms with van der Waals surface area (Å²) in [4.78, 5) is 0. The fraction of sp³-hybridized carbons (Fsp3) is 0.125. The van der Waals surface area contributed by atoms with Crippen LogP contribution in [-0.4, -0.2) is 9.85 Å². The summed E-state index contributed by atoms with van der Waals surface area (Å²) in [6.45, 7) is 0. The Morgan fingerprint density at radius 1 is 0.833 bits per heavy atom. The molecule has 0 aromatic heterocycles. The van der Waals surface area contributed by atoms with E-state index in [0.29, 0.717) is 0 Å². The summed E-state index contributed by atoms with van der Waals surface area (Å²) in [7, 11) is -1.53. The average Bonchev–Trinajstić information content (AvgIpc) is 2.41. The molecule has 0 N–H and O–H groups in total. The molecule has 0 aliphatic heterocycles. The molecule has 0 radical (unpaired) electrons. The van der Waals surface area contributed by atoms with Crippen LogP contribution in [0.3, 0.4) is 0 Å². The highest BCUT2D eigenvalue weighted by Gasteiger charge is 2.01. The molecule has 2 heteroatoms. The third-order valence-corrected chi connectivity index (χ3v) is 3.65. The maximum atomic E-state index is 12.7. The summed E-state index contributed by atoms with van der Waals surface area (Å²) in [5.74, 6) is 0. The first-order valence-corrected chi connectivity index (χ1v) is 7.55. The molecule has 0 bridgehead atoms. The van der Waals surface area contributed by atoms with E-state index in [4.69, 9.17) is 0 Å². The molecule has 2 aromatic rings. The molecule has 0 heterocycles. The van der Waals surface area contributed by atoms with Crippen LogP contribution in [0.15, 0.2) is 71.9 Å². The first-order valence-electron chi connectivity index (χ1n) is 6.20.